The predicted molar refractivity (Wildman–Crippen MR) is 59.4 cm³/mol. The van der Waals surface area contributed by atoms with E-state index in [0.717, 1.165) is 12.8 Å². The van der Waals surface area contributed by atoms with Gasteiger partial charge in [-0.1, -0.05) is 19.3 Å². The Morgan fingerprint density at radius 2 is 1.94 bits per heavy atom. The highest BCUT2D eigenvalue weighted by Crippen LogP contribution is 2.22. The van der Waals surface area contributed by atoms with Crippen LogP contribution in [0.4, 0.5) is 0 Å². The summed E-state index contributed by atoms with van der Waals surface area (Å²) in [5.41, 5.74) is 4.89. The lowest BCUT2D eigenvalue weighted by atomic mass is 9.89. The first-order valence-corrected chi connectivity index (χ1v) is 5.83. The van der Waals surface area contributed by atoms with Crippen molar-refractivity contribution >= 4 is 11.8 Å². The standard InChI is InChI=1S/C11H20N2O3/c12-10(15)6-9(14)11(16)13-7-8-4-2-1-3-5-8/h8-9,14H,1-7H2,(H2,12,15)(H,13,16). The summed E-state index contributed by atoms with van der Waals surface area (Å²) in [4.78, 5) is 21.9. The molecule has 1 aliphatic carbocycles. The zero-order valence-electron chi connectivity index (χ0n) is 9.45. The van der Waals surface area contributed by atoms with Gasteiger partial charge in [0.2, 0.25) is 11.8 Å². The van der Waals surface area contributed by atoms with Crippen molar-refractivity contribution in [1.82, 2.24) is 5.32 Å². The maximum atomic E-state index is 11.4. The molecule has 1 atom stereocenters. The molecule has 1 aliphatic rings. The van der Waals surface area contributed by atoms with Gasteiger partial charge in [-0.3, -0.25) is 9.59 Å². The SMILES string of the molecule is NC(=O)CC(O)C(=O)NCC1CCCCC1. The maximum Gasteiger partial charge on any atom is 0.249 e. The number of hydrogen-bond acceptors (Lipinski definition) is 3. The van der Waals surface area contributed by atoms with Crippen LogP contribution in [-0.2, 0) is 9.59 Å². The first kappa shape index (κ1) is 13.0. The fourth-order valence-corrected chi connectivity index (χ4v) is 2.04. The van der Waals surface area contributed by atoms with Crippen LogP contribution in [0.5, 0.6) is 0 Å². The Morgan fingerprint density at radius 1 is 1.31 bits per heavy atom. The van der Waals surface area contributed by atoms with Crippen LogP contribution in [0.1, 0.15) is 38.5 Å². The minimum atomic E-state index is -1.30. The van der Waals surface area contributed by atoms with Gasteiger partial charge in [0.05, 0.1) is 6.42 Å². The third-order valence-electron chi connectivity index (χ3n) is 2.99. The molecule has 0 aliphatic heterocycles. The second-order valence-electron chi connectivity index (χ2n) is 4.44. The number of primary amides is 1. The van der Waals surface area contributed by atoms with Crippen LogP contribution in [0.25, 0.3) is 0 Å². The number of carbonyl (C=O) groups is 2. The van der Waals surface area contributed by atoms with Gasteiger partial charge in [0.1, 0.15) is 6.10 Å². The molecule has 0 spiro atoms. The number of aliphatic hydroxyl groups is 1. The Labute approximate surface area is 95.4 Å². The summed E-state index contributed by atoms with van der Waals surface area (Å²) in [6.07, 6.45) is 4.35. The van der Waals surface area contributed by atoms with Crippen LogP contribution in [0, 0.1) is 5.92 Å². The van der Waals surface area contributed by atoms with E-state index in [2.05, 4.69) is 5.32 Å². The lowest BCUT2D eigenvalue weighted by Gasteiger charge is -2.22. The molecule has 1 saturated carbocycles. The van der Waals surface area contributed by atoms with Gasteiger partial charge in [-0.2, -0.15) is 0 Å². The summed E-state index contributed by atoms with van der Waals surface area (Å²) in [6, 6.07) is 0. The van der Waals surface area contributed by atoms with Crippen LogP contribution in [-0.4, -0.2) is 29.6 Å². The van der Waals surface area contributed by atoms with Crippen LogP contribution >= 0.6 is 0 Å². The van der Waals surface area contributed by atoms with Crippen LogP contribution in [0.15, 0.2) is 0 Å². The van der Waals surface area contributed by atoms with Gasteiger partial charge >= 0.3 is 0 Å². The monoisotopic (exact) mass is 228 g/mol. The molecule has 2 amide bonds. The molecule has 16 heavy (non-hydrogen) atoms. The molecule has 92 valence electrons. The lowest BCUT2D eigenvalue weighted by molar-refractivity contribution is -0.133. The van der Waals surface area contributed by atoms with Crippen molar-refractivity contribution in [2.24, 2.45) is 11.7 Å². The lowest BCUT2D eigenvalue weighted by Crippen LogP contribution is -2.39. The summed E-state index contributed by atoms with van der Waals surface area (Å²) < 4.78 is 0. The van der Waals surface area contributed by atoms with E-state index in [9.17, 15) is 14.7 Å². The van der Waals surface area contributed by atoms with Gasteiger partial charge < -0.3 is 16.2 Å². The van der Waals surface area contributed by atoms with E-state index in [4.69, 9.17) is 5.73 Å². The van der Waals surface area contributed by atoms with Crippen molar-refractivity contribution in [3.05, 3.63) is 0 Å². The van der Waals surface area contributed by atoms with Gasteiger partial charge in [0.25, 0.3) is 0 Å². The molecule has 0 aromatic rings. The van der Waals surface area contributed by atoms with E-state index in [0.29, 0.717) is 12.5 Å². The zero-order chi connectivity index (χ0) is 12.0. The topological polar surface area (TPSA) is 92.4 Å². The highest BCUT2D eigenvalue weighted by atomic mass is 16.3. The van der Waals surface area contributed by atoms with Gasteiger partial charge in [0.15, 0.2) is 0 Å². The molecule has 0 saturated heterocycles. The fraction of sp³-hybridized carbons (Fsp3) is 0.818. The third kappa shape index (κ3) is 4.61. The Kier molecular flexibility index (Phi) is 5.25. The molecule has 5 nitrogen and oxygen atoms in total. The summed E-state index contributed by atoms with van der Waals surface area (Å²) in [6.45, 7) is 0.592. The Bertz CT molecular complexity index is 250. The van der Waals surface area contributed by atoms with Gasteiger partial charge in [-0.25, -0.2) is 0 Å². The maximum absolute atomic E-state index is 11.4. The molecule has 1 fully saturated rings. The van der Waals surface area contributed by atoms with Crippen LogP contribution in [0.2, 0.25) is 0 Å². The largest absolute Gasteiger partial charge is 0.383 e. The second-order valence-corrected chi connectivity index (χ2v) is 4.44. The molecule has 0 heterocycles. The van der Waals surface area contributed by atoms with E-state index in [1.807, 2.05) is 0 Å². The highest BCUT2D eigenvalue weighted by molar-refractivity contribution is 5.86. The van der Waals surface area contributed by atoms with E-state index in [-0.39, 0.29) is 6.42 Å². The minimum absolute atomic E-state index is 0.309. The minimum Gasteiger partial charge on any atom is -0.383 e. The van der Waals surface area contributed by atoms with Crippen molar-refractivity contribution in [2.75, 3.05) is 6.54 Å². The number of aliphatic hydroxyl groups excluding tert-OH is 1. The van der Waals surface area contributed by atoms with Gasteiger partial charge in [-0.05, 0) is 18.8 Å². The summed E-state index contributed by atoms with van der Waals surface area (Å²) in [5, 5.41) is 12.0. The third-order valence-corrected chi connectivity index (χ3v) is 2.99. The van der Waals surface area contributed by atoms with Crippen LogP contribution in [0.3, 0.4) is 0 Å². The van der Waals surface area contributed by atoms with E-state index in [1.54, 1.807) is 0 Å². The molecular formula is C11H20N2O3. The van der Waals surface area contributed by atoms with Crippen molar-refractivity contribution < 1.29 is 14.7 Å². The molecule has 0 bridgehead atoms. The average molecular weight is 228 g/mol. The predicted octanol–water partition coefficient (Wildman–Crippen LogP) is -0.0808. The molecule has 1 rings (SSSR count). The Balaban J connectivity index is 2.20. The number of amides is 2. The van der Waals surface area contributed by atoms with E-state index < -0.39 is 17.9 Å². The first-order chi connectivity index (χ1) is 7.59. The molecule has 5 heteroatoms. The Hall–Kier alpha value is -1.10. The van der Waals surface area contributed by atoms with Crippen molar-refractivity contribution in [1.29, 1.82) is 0 Å². The van der Waals surface area contributed by atoms with Crippen molar-refractivity contribution in [3.8, 4) is 0 Å². The number of carbonyl (C=O) groups excluding carboxylic acids is 2. The zero-order valence-corrected chi connectivity index (χ0v) is 9.45. The molecule has 0 aromatic heterocycles. The number of nitrogens with two attached hydrogens (primary N) is 1. The molecule has 0 aromatic carbocycles. The first-order valence-electron chi connectivity index (χ1n) is 5.83. The normalized spacial score (nSPS) is 19.1. The number of rotatable bonds is 5. The van der Waals surface area contributed by atoms with Gasteiger partial charge in [0, 0.05) is 6.54 Å². The highest BCUT2D eigenvalue weighted by Gasteiger charge is 2.19. The summed E-state index contributed by atoms with van der Waals surface area (Å²) in [5.74, 6) is -0.650. The fourth-order valence-electron chi connectivity index (χ4n) is 2.04. The Morgan fingerprint density at radius 3 is 2.50 bits per heavy atom. The average Bonchev–Trinajstić information content (AvgIpc) is 2.26. The molecule has 4 N–H and O–H groups in total. The molecule has 0 radical (unpaired) electrons. The van der Waals surface area contributed by atoms with E-state index in [1.165, 1.54) is 19.3 Å². The quantitative estimate of drug-likeness (QED) is 0.614. The number of hydrogen-bond donors (Lipinski definition) is 3. The smallest absolute Gasteiger partial charge is 0.249 e. The second kappa shape index (κ2) is 6.48. The summed E-state index contributed by atoms with van der Waals surface area (Å²) >= 11 is 0. The summed E-state index contributed by atoms with van der Waals surface area (Å²) in [7, 11) is 0. The molecule has 1 unspecified atom stereocenters. The van der Waals surface area contributed by atoms with Crippen molar-refractivity contribution in [3.63, 3.8) is 0 Å². The van der Waals surface area contributed by atoms with Crippen molar-refractivity contribution in [2.45, 2.75) is 44.6 Å². The number of nitrogens with one attached hydrogen (secondary N) is 1. The van der Waals surface area contributed by atoms with Gasteiger partial charge in [-0.15, -0.1) is 0 Å². The van der Waals surface area contributed by atoms with E-state index >= 15 is 0 Å². The molecular weight excluding hydrogens is 208 g/mol. The van der Waals surface area contributed by atoms with Crippen LogP contribution < -0.4 is 11.1 Å².